The molecule has 3 aromatic carbocycles. The first-order chi connectivity index (χ1) is 16.1. The molecule has 0 saturated heterocycles. The van der Waals surface area contributed by atoms with Gasteiger partial charge in [0.1, 0.15) is 16.9 Å². The normalized spacial score (nSPS) is 11.6. The number of aromatic nitrogens is 4. The highest BCUT2D eigenvalue weighted by Gasteiger charge is 2.21. The van der Waals surface area contributed by atoms with Crippen LogP contribution in [-0.4, -0.2) is 33.2 Å². The zero-order valence-electron chi connectivity index (χ0n) is 18.4. The Kier molecular flexibility index (Phi) is 4.13. The van der Waals surface area contributed by atoms with Crippen molar-refractivity contribution in [3.8, 4) is 22.9 Å². The molecule has 0 atom stereocenters. The Bertz CT molecular complexity index is 1780. The molecular weight excluding hydrogens is 416 g/mol. The van der Waals surface area contributed by atoms with Crippen molar-refractivity contribution in [2.24, 2.45) is 7.05 Å². The van der Waals surface area contributed by atoms with E-state index in [2.05, 4.69) is 0 Å². The zero-order chi connectivity index (χ0) is 22.7. The van der Waals surface area contributed by atoms with Crippen molar-refractivity contribution in [1.29, 1.82) is 0 Å². The van der Waals surface area contributed by atoms with E-state index >= 15 is 0 Å². The summed E-state index contributed by atoms with van der Waals surface area (Å²) in [5.74, 6) is 1.89. The summed E-state index contributed by atoms with van der Waals surface area (Å²) in [5.41, 5.74) is 4.39. The predicted molar refractivity (Wildman–Crippen MR) is 129 cm³/mol. The number of hydrogen-bond acceptors (Lipinski definition) is 5. The number of fused-ring (bicyclic) bond motifs is 6. The average Bonchev–Trinajstić information content (AvgIpc) is 3.25. The van der Waals surface area contributed by atoms with Crippen LogP contribution in [0, 0.1) is 0 Å². The van der Waals surface area contributed by atoms with Crippen LogP contribution in [0.4, 0.5) is 0 Å². The summed E-state index contributed by atoms with van der Waals surface area (Å²) in [4.78, 5) is 23.5. The van der Waals surface area contributed by atoms with Gasteiger partial charge in [-0.15, -0.1) is 0 Å². The third-order valence-electron chi connectivity index (χ3n) is 6.13. The lowest BCUT2D eigenvalue weighted by molar-refractivity contribution is 0.355. The van der Waals surface area contributed by atoms with Crippen molar-refractivity contribution in [3.05, 3.63) is 77.0 Å². The molecule has 0 N–H and O–H groups in total. The topological polar surface area (TPSA) is 70.7 Å². The summed E-state index contributed by atoms with van der Waals surface area (Å²) in [6.45, 7) is 0. The molecular formula is C26H20N4O3. The summed E-state index contributed by atoms with van der Waals surface area (Å²) in [5, 5.41) is 1.14. The fraction of sp³-hybridized carbons (Fsp3) is 0.115. The van der Waals surface area contributed by atoms with Gasteiger partial charge in [0.05, 0.1) is 30.8 Å². The van der Waals surface area contributed by atoms with Gasteiger partial charge in [0.25, 0.3) is 0 Å². The molecule has 0 bridgehead atoms. The fourth-order valence-corrected chi connectivity index (χ4v) is 4.54. The molecule has 0 aliphatic heterocycles. The van der Waals surface area contributed by atoms with E-state index < -0.39 is 0 Å². The van der Waals surface area contributed by atoms with Crippen LogP contribution in [0.3, 0.4) is 0 Å². The van der Waals surface area contributed by atoms with Gasteiger partial charge in [-0.05, 0) is 42.5 Å². The first kappa shape index (κ1) is 19.3. The summed E-state index contributed by atoms with van der Waals surface area (Å²) >= 11 is 0. The van der Waals surface area contributed by atoms with Crippen LogP contribution in [0.1, 0.15) is 0 Å². The molecule has 33 heavy (non-hydrogen) atoms. The number of hydrogen-bond donors (Lipinski definition) is 0. The van der Waals surface area contributed by atoms with Crippen molar-refractivity contribution in [3.63, 3.8) is 0 Å². The Hall–Kier alpha value is -4.39. The fourth-order valence-electron chi connectivity index (χ4n) is 4.54. The number of aryl methyl sites for hydroxylation is 1. The van der Waals surface area contributed by atoms with Crippen LogP contribution in [0.25, 0.3) is 50.0 Å². The molecule has 0 fully saturated rings. The van der Waals surface area contributed by atoms with E-state index in [1.165, 1.54) is 0 Å². The molecule has 0 unspecified atom stereocenters. The van der Waals surface area contributed by atoms with Crippen molar-refractivity contribution in [2.75, 3.05) is 14.2 Å². The van der Waals surface area contributed by atoms with Gasteiger partial charge in [-0.2, -0.15) is 0 Å². The van der Waals surface area contributed by atoms with Crippen LogP contribution < -0.4 is 14.9 Å². The standard InChI is InChI=1S/C26H20N4O3/c1-29-18-10-6-4-8-16(18)23(31)22-25(29)28-24(15-12-13-20(32-2)21(14-15)33-3)30-19-11-7-5-9-17(19)27-26(22)30/h4-14H,1-3H3. The third-order valence-corrected chi connectivity index (χ3v) is 6.13. The maximum Gasteiger partial charge on any atom is 0.202 e. The molecule has 0 radical (unpaired) electrons. The highest BCUT2D eigenvalue weighted by molar-refractivity contribution is 6.02. The van der Waals surface area contributed by atoms with Gasteiger partial charge in [0.2, 0.25) is 5.43 Å². The molecule has 6 aromatic rings. The van der Waals surface area contributed by atoms with Crippen molar-refractivity contribution in [1.82, 2.24) is 18.9 Å². The number of para-hydroxylation sites is 3. The van der Waals surface area contributed by atoms with E-state index in [1.54, 1.807) is 14.2 Å². The number of ether oxygens (including phenoxy) is 2. The lowest BCUT2D eigenvalue weighted by Crippen LogP contribution is -2.13. The molecule has 6 rings (SSSR count). The second kappa shape index (κ2) is 7.06. The van der Waals surface area contributed by atoms with Crippen molar-refractivity contribution >= 4 is 38.6 Å². The van der Waals surface area contributed by atoms with Gasteiger partial charge in [-0.25, -0.2) is 9.97 Å². The zero-order valence-corrected chi connectivity index (χ0v) is 18.4. The van der Waals surface area contributed by atoms with Gasteiger partial charge in [0, 0.05) is 18.0 Å². The Balaban J connectivity index is 1.86. The third kappa shape index (κ3) is 2.65. The van der Waals surface area contributed by atoms with Gasteiger partial charge < -0.3 is 14.0 Å². The SMILES string of the molecule is COc1ccc(-c2nc3c(c(=O)c4ccccc4n3C)c3nc4ccccc4n23)cc1OC. The second-order valence-electron chi connectivity index (χ2n) is 7.87. The summed E-state index contributed by atoms with van der Waals surface area (Å²) in [7, 11) is 5.14. The Morgan fingerprint density at radius 2 is 1.52 bits per heavy atom. The summed E-state index contributed by atoms with van der Waals surface area (Å²) in [6.07, 6.45) is 0. The van der Waals surface area contributed by atoms with E-state index in [1.807, 2.05) is 82.7 Å². The number of pyridine rings is 1. The number of nitrogens with zero attached hydrogens (tertiary/aromatic N) is 4. The van der Waals surface area contributed by atoms with E-state index in [4.69, 9.17) is 19.4 Å². The van der Waals surface area contributed by atoms with Gasteiger partial charge in [-0.3, -0.25) is 9.20 Å². The van der Waals surface area contributed by atoms with Gasteiger partial charge in [-0.1, -0.05) is 24.3 Å². The molecule has 0 aliphatic rings. The highest BCUT2D eigenvalue weighted by atomic mass is 16.5. The van der Waals surface area contributed by atoms with E-state index in [0.717, 1.165) is 22.1 Å². The molecule has 3 heterocycles. The van der Waals surface area contributed by atoms with Crippen LogP contribution in [0.2, 0.25) is 0 Å². The minimum atomic E-state index is -0.0784. The quantitative estimate of drug-likeness (QED) is 0.380. The molecule has 0 saturated carbocycles. The smallest absolute Gasteiger partial charge is 0.202 e. The molecule has 0 spiro atoms. The van der Waals surface area contributed by atoms with Crippen molar-refractivity contribution in [2.45, 2.75) is 0 Å². The minimum absolute atomic E-state index is 0.0784. The van der Waals surface area contributed by atoms with Crippen molar-refractivity contribution < 1.29 is 9.47 Å². The molecule has 0 aliphatic carbocycles. The number of methoxy groups -OCH3 is 2. The predicted octanol–water partition coefficient (Wildman–Crippen LogP) is 4.57. The average molecular weight is 436 g/mol. The number of benzene rings is 3. The number of rotatable bonds is 3. The lowest BCUT2D eigenvalue weighted by Gasteiger charge is -2.14. The van der Waals surface area contributed by atoms with E-state index in [0.29, 0.717) is 39.4 Å². The summed E-state index contributed by atoms with van der Waals surface area (Å²) < 4.78 is 14.9. The Morgan fingerprint density at radius 1 is 0.788 bits per heavy atom. The van der Waals surface area contributed by atoms with Crippen LogP contribution in [0.15, 0.2) is 71.5 Å². The summed E-state index contributed by atoms with van der Waals surface area (Å²) in [6, 6.07) is 21.1. The largest absolute Gasteiger partial charge is 0.493 e. The van der Waals surface area contributed by atoms with Crippen LogP contribution in [0.5, 0.6) is 11.5 Å². The molecule has 3 aromatic heterocycles. The maximum absolute atomic E-state index is 13.6. The van der Waals surface area contributed by atoms with Gasteiger partial charge in [0.15, 0.2) is 17.1 Å². The number of imidazole rings is 1. The molecule has 7 nitrogen and oxygen atoms in total. The minimum Gasteiger partial charge on any atom is -0.493 e. The second-order valence-corrected chi connectivity index (χ2v) is 7.87. The van der Waals surface area contributed by atoms with Gasteiger partial charge >= 0.3 is 0 Å². The highest BCUT2D eigenvalue weighted by Crippen LogP contribution is 2.34. The molecule has 7 heteroatoms. The Morgan fingerprint density at radius 3 is 2.30 bits per heavy atom. The van der Waals surface area contributed by atoms with E-state index in [9.17, 15) is 4.79 Å². The monoisotopic (exact) mass is 436 g/mol. The molecule has 162 valence electrons. The van der Waals surface area contributed by atoms with Crippen LogP contribution >= 0.6 is 0 Å². The van der Waals surface area contributed by atoms with Crippen LogP contribution in [-0.2, 0) is 7.05 Å². The maximum atomic E-state index is 13.6. The Labute approximate surface area is 188 Å². The lowest BCUT2D eigenvalue weighted by atomic mass is 10.1. The first-order valence-electron chi connectivity index (χ1n) is 10.5. The first-order valence-corrected chi connectivity index (χ1v) is 10.5. The van der Waals surface area contributed by atoms with E-state index in [-0.39, 0.29) is 5.43 Å². The molecule has 0 amide bonds.